The minimum atomic E-state index is -0.401. The Bertz CT molecular complexity index is 944. The van der Waals surface area contributed by atoms with Crippen LogP contribution in [0.1, 0.15) is 22.3 Å². The van der Waals surface area contributed by atoms with Gasteiger partial charge in [-0.15, -0.1) is 0 Å². The molecular formula is C19H18FNO2. The van der Waals surface area contributed by atoms with Gasteiger partial charge in [0.2, 0.25) is 0 Å². The zero-order valence-electron chi connectivity index (χ0n) is 13.4. The second-order valence-corrected chi connectivity index (χ2v) is 5.86. The molecule has 1 heterocycles. The molecule has 0 amide bonds. The van der Waals surface area contributed by atoms with Gasteiger partial charge in [0.15, 0.2) is 0 Å². The van der Waals surface area contributed by atoms with Gasteiger partial charge in [-0.05, 0) is 67.3 Å². The number of nitrogens with one attached hydrogen (secondary N) is 1. The zero-order valence-corrected chi connectivity index (χ0v) is 13.4. The van der Waals surface area contributed by atoms with Gasteiger partial charge in [-0.3, -0.25) is 0 Å². The fourth-order valence-electron chi connectivity index (χ4n) is 2.58. The highest BCUT2D eigenvalue weighted by molar-refractivity contribution is 5.82. The molecule has 3 aromatic rings. The summed E-state index contributed by atoms with van der Waals surface area (Å²) >= 11 is 0. The Morgan fingerprint density at radius 1 is 1.04 bits per heavy atom. The Labute approximate surface area is 133 Å². The average Bonchev–Trinajstić information content (AvgIpc) is 2.48. The van der Waals surface area contributed by atoms with E-state index >= 15 is 0 Å². The first-order valence-corrected chi connectivity index (χ1v) is 7.48. The fourth-order valence-corrected chi connectivity index (χ4v) is 2.58. The van der Waals surface area contributed by atoms with Crippen LogP contribution in [-0.4, -0.2) is 0 Å². The van der Waals surface area contributed by atoms with Crippen molar-refractivity contribution in [2.24, 2.45) is 0 Å². The maximum absolute atomic E-state index is 13.9. The summed E-state index contributed by atoms with van der Waals surface area (Å²) in [5, 5.41) is 3.92. The molecule has 0 atom stereocenters. The van der Waals surface area contributed by atoms with Crippen LogP contribution in [0.3, 0.4) is 0 Å². The van der Waals surface area contributed by atoms with Crippen molar-refractivity contribution in [3.8, 4) is 0 Å². The van der Waals surface area contributed by atoms with Crippen LogP contribution in [0.4, 0.5) is 10.1 Å². The molecule has 3 rings (SSSR count). The van der Waals surface area contributed by atoms with E-state index in [1.165, 1.54) is 12.1 Å². The Kier molecular flexibility index (Phi) is 3.90. The van der Waals surface area contributed by atoms with Gasteiger partial charge in [0.1, 0.15) is 11.4 Å². The Hall–Kier alpha value is -2.62. The van der Waals surface area contributed by atoms with E-state index in [1.54, 1.807) is 6.07 Å². The molecule has 0 unspecified atom stereocenters. The van der Waals surface area contributed by atoms with E-state index in [1.807, 2.05) is 39.0 Å². The van der Waals surface area contributed by atoms with E-state index in [2.05, 4.69) is 5.32 Å². The monoisotopic (exact) mass is 311 g/mol. The highest BCUT2D eigenvalue weighted by Crippen LogP contribution is 2.23. The van der Waals surface area contributed by atoms with Crippen LogP contribution in [0.5, 0.6) is 0 Å². The van der Waals surface area contributed by atoms with Crippen molar-refractivity contribution in [1.29, 1.82) is 0 Å². The molecule has 0 aliphatic rings. The molecule has 23 heavy (non-hydrogen) atoms. The molecule has 0 spiro atoms. The topological polar surface area (TPSA) is 42.2 Å². The largest absolute Gasteiger partial charge is 0.423 e. The van der Waals surface area contributed by atoms with E-state index in [4.69, 9.17) is 4.42 Å². The molecule has 3 nitrogen and oxygen atoms in total. The van der Waals surface area contributed by atoms with Crippen molar-refractivity contribution in [3.63, 3.8) is 0 Å². The number of anilines is 1. The summed E-state index contributed by atoms with van der Waals surface area (Å²) in [5.41, 5.74) is 4.42. The predicted molar refractivity (Wildman–Crippen MR) is 90.4 cm³/mol. The first-order valence-electron chi connectivity index (χ1n) is 7.48. The summed E-state index contributed by atoms with van der Waals surface area (Å²) in [7, 11) is 0. The first-order chi connectivity index (χ1) is 10.9. The number of rotatable bonds is 3. The molecule has 118 valence electrons. The quantitative estimate of drug-likeness (QED) is 0.726. The van der Waals surface area contributed by atoms with Crippen molar-refractivity contribution in [1.82, 2.24) is 0 Å². The lowest BCUT2D eigenvalue weighted by Gasteiger charge is -2.11. The van der Waals surface area contributed by atoms with Gasteiger partial charge in [0.05, 0.1) is 5.69 Å². The van der Waals surface area contributed by atoms with Crippen LogP contribution in [0.2, 0.25) is 0 Å². The number of halogens is 1. The third-order valence-electron chi connectivity index (χ3n) is 4.04. The lowest BCUT2D eigenvalue weighted by Crippen LogP contribution is -2.07. The van der Waals surface area contributed by atoms with Crippen LogP contribution in [0.15, 0.2) is 45.6 Å². The fraction of sp³-hybridized carbons (Fsp3) is 0.211. The van der Waals surface area contributed by atoms with Crippen molar-refractivity contribution in [3.05, 3.63) is 74.9 Å². The van der Waals surface area contributed by atoms with E-state index in [-0.39, 0.29) is 5.82 Å². The van der Waals surface area contributed by atoms with E-state index in [0.29, 0.717) is 17.8 Å². The van der Waals surface area contributed by atoms with Crippen LogP contribution < -0.4 is 10.9 Å². The van der Waals surface area contributed by atoms with Crippen molar-refractivity contribution >= 4 is 16.7 Å². The van der Waals surface area contributed by atoms with Gasteiger partial charge in [-0.2, -0.15) is 0 Å². The van der Waals surface area contributed by atoms with Crippen molar-refractivity contribution < 1.29 is 8.81 Å². The van der Waals surface area contributed by atoms with Gasteiger partial charge >= 0.3 is 5.63 Å². The van der Waals surface area contributed by atoms with Gasteiger partial charge in [-0.1, -0.05) is 6.07 Å². The number of aryl methyl sites for hydroxylation is 3. The normalized spacial score (nSPS) is 11.0. The summed E-state index contributed by atoms with van der Waals surface area (Å²) in [6.07, 6.45) is 0. The lowest BCUT2D eigenvalue weighted by atomic mass is 10.0. The first kappa shape index (κ1) is 15.3. The van der Waals surface area contributed by atoms with E-state index in [9.17, 15) is 9.18 Å². The minimum absolute atomic E-state index is 0.302. The summed E-state index contributed by atoms with van der Waals surface area (Å²) in [6, 6.07) is 10.3. The standard InChI is InChI=1S/C19H18FNO2/c1-11-4-5-17(16(20)6-11)21-10-14-9-19(22)23-18-8-13(3)12(2)7-15(14)18/h4-9,21H,10H2,1-3H3. The number of hydrogen-bond acceptors (Lipinski definition) is 3. The maximum atomic E-state index is 13.9. The van der Waals surface area contributed by atoms with Crippen LogP contribution in [0, 0.1) is 26.6 Å². The Morgan fingerprint density at radius 3 is 2.52 bits per heavy atom. The number of benzene rings is 2. The SMILES string of the molecule is Cc1ccc(NCc2cc(=O)oc3cc(C)c(C)cc23)c(F)c1. The molecule has 1 aromatic heterocycles. The zero-order chi connectivity index (χ0) is 16.6. The third-order valence-corrected chi connectivity index (χ3v) is 4.04. The second kappa shape index (κ2) is 5.88. The minimum Gasteiger partial charge on any atom is -0.423 e. The Balaban J connectivity index is 1.99. The molecule has 0 radical (unpaired) electrons. The summed E-state index contributed by atoms with van der Waals surface area (Å²) < 4.78 is 19.2. The number of fused-ring (bicyclic) bond motifs is 1. The molecule has 0 aliphatic carbocycles. The molecule has 4 heteroatoms. The molecule has 0 bridgehead atoms. The van der Waals surface area contributed by atoms with Crippen LogP contribution in [0.25, 0.3) is 11.0 Å². The average molecular weight is 311 g/mol. The summed E-state index contributed by atoms with van der Waals surface area (Å²) in [4.78, 5) is 11.8. The molecule has 1 N–H and O–H groups in total. The molecular weight excluding hydrogens is 293 g/mol. The van der Waals surface area contributed by atoms with Gasteiger partial charge in [-0.25, -0.2) is 9.18 Å². The van der Waals surface area contributed by atoms with Crippen LogP contribution in [-0.2, 0) is 6.54 Å². The van der Waals surface area contributed by atoms with Crippen molar-refractivity contribution in [2.75, 3.05) is 5.32 Å². The summed E-state index contributed by atoms with van der Waals surface area (Å²) in [5.74, 6) is -0.302. The highest BCUT2D eigenvalue weighted by atomic mass is 19.1. The second-order valence-electron chi connectivity index (χ2n) is 5.86. The smallest absolute Gasteiger partial charge is 0.336 e. The molecule has 0 fully saturated rings. The molecule has 0 saturated heterocycles. The van der Waals surface area contributed by atoms with Gasteiger partial charge in [0, 0.05) is 18.0 Å². The predicted octanol–water partition coefficient (Wildman–Crippen LogP) is 4.47. The van der Waals surface area contributed by atoms with Gasteiger partial charge < -0.3 is 9.73 Å². The Morgan fingerprint density at radius 2 is 1.78 bits per heavy atom. The van der Waals surface area contributed by atoms with Crippen LogP contribution >= 0.6 is 0 Å². The van der Waals surface area contributed by atoms with Crippen molar-refractivity contribution in [2.45, 2.75) is 27.3 Å². The lowest BCUT2D eigenvalue weighted by molar-refractivity contribution is 0.559. The third kappa shape index (κ3) is 3.11. The molecule has 0 aliphatic heterocycles. The van der Waals surface area contributed by atoms with E-state index < -0.39 is 5.63 Å². The highest BCUT2D eigenvalue weighted by Gasteiger charge is 2.09. The number of hydrogen-bond donors (Lipinski definition) is 1. The van der Waals surface area contributed by atoms with E-state index in [0.717, 1.165) is 27.6 Å². The summed E-state index contributed by atoms with van der Waals surface area (Å²) in [6.45, 7) is 6.18. The molecule has 2 aromatic carbocycles. The van der Waals surface area contributed by atoms with Gasteiger partial charge in [0.25, 0.3) is 0 Å². The maximum Gasteiger partial charge on any atom is 0.336 e. The molecule has 0 saturated carbocycles.